The first kappa shape index (κ1) is 36.1. The molecule has 0 aromatic carbocycles. The Morgan fingerprint density at radius 1 is 0.524 bits per heavy atom. The second-order valence-electron chi connectivity index (χ2n) is 7.19. The number of halogens is 15. The number of carbonyl (C=O) groups is 4. The van der Waals surface area contributed by atoms with Crippen LogP contribution in [0.3, 0.4) is 0 Å². The maximum absolute atomic E-state index is 12.7. The lowest BCUT2D eigenvalue weighted by atomic mass is 10.2. The minimum atomic E-state index is -6.05. The Bertz CT molecular complexity index is 999. The van der Waals surface area contributed by atoms with Gasteiger partial charge < -0.3 is 37.9 Å². The van der Waals surface area contributed by atoms with E-state index in [0.717, 1.165) is 13.8 Å². The summed E-state index contributed by atoms with van der Waals surface area (Å²) in [5.41, 5.74) is 0. The molecule has 42 heavy (non-hydrogen) atoms. The number of alkyl halides is 15. The molecule has 0 spiro atoms. The Labute approximate surface area is 217 Å². The minimum absolute atomic E-state index is 0.790. The fraction of sp³-hybridized carbons (Fsp3) is 0.733. The molecular formula is C15H7F15O12. The van der Waals surface area contributed by atoms with Gasteiger partial charge in [-0.05, 0) is 0 Å². The van der Waals surface area contributed by atoms with E-state index in [1.54, 1.807) is 0 Å². The summed E-state index contributed by atoms with van der Waals surface area (Å²) in [4.78, 5) is 39.4. The highest BCUT2D eigenvalue weighted by atomic mass is 19.4. The zero-order valence-electron chi connectivity index (χ0n) is 19.1. The summed E-state index contributed by atoms with van der Waals surface area (Å²) in [6, 6.07) is 0. The van der Waals surface area contributed by atoms with Gasteiger partial charge in [0.1, 0.15) is 0 Å². The molecule has 4 aliphatic heterocycles. The topological polar surface area (TPSA) is 142 Å². The molecule has 4 fully saturated rings. The van der Waals surface area contributed by atoms with Gasteiger partial charge in [0, 0.05) is 13.8 Å². The Kier molecular flexibility index (Phi) is 9.18. The van der Waals surface area contributed by atoms with Gasteiger partial charge in [0.05, 0.1) is 0 Å². The average molecular weight is 664 g/mol. The number of hydrogen-bond acceptors (Lipinski definition) is 12. The first-order valence-electron chi connectivity index (χ1n) is 9.27. The molecule has 0 aromatic heterocycles. The van der Waals surface area contributed by atoms with Crippen LogP contribution in [0.15, 0.2) is 0 Å². The molecule has 244 valence electrons. The molecular weight excluding hydrogens is 657 g/mol. The van der Waals surface area contributed by atoms with Gasteiger partial charge in [-0.1, -0.05) is 0 Å². The SMILES string of the molecule is CC1(F)OC(=O)OC1(C)F.O=C1OC(F)(F)C(F)(C(F)(F)F)O1.O=C1OC(F)(F)C(F)(F)O1.O=C1OC(F)C(F)(F)O1. The van der Waals surface area contributed by atoms with E-state index < -0.39 is 79.2 Å². The maximum Gasteiger partial charge on any atom is 0.518 e. The third-order valence-electron chi connectivity index (χ3n) is 3.97. The van der Waals surface area contributed by atoms with Crippen LogP contribution in [-0.4, -0.2) is 79.2 Å². The third kappa shape index (κ3) is 7.45. The fourth-order valence-corrected chi connectivity index (χ4v) is 1.79. The van der Waals surface area contributed by atoms with Gasteiger partial charge in [-0.2, -0.15) is 65.9 Å². The summed E-state index contributed by atoms with van der Waals surface area (Å²) in [6.07, 6.45) is -35.7. The fourth-order valence-electron chi connectivity index (χ4n) is 1.79. The highest BCUT2D eigenvalue weighted by Gasteiger charge is 2.82. The second kappa shape index (κ2) is 10.7. The molecule has 0 saturated carbocycles. The molecule has 0 aromatic rings. The van der Waals surface area contributed by atoms with Crippen LogP contribution in [0.25, 0.3) is 0 Å². The largest absolute Gasteiger partial charge is 0.518 e. The zero-order valence-corrected chi connectivity index (χ0v) is 19.1. The Balaban J connectivity index is 0.000000283. The van der Waals surface area contributed by atoms with Crippen LogP contribution in [0, 0.1) is 0 Å². The minimum Gasteiger partial charge on any atom is -0.390 e. The lowest BCUT2D eigenvalue weighted by Crippen LogP contribution is -2.53. The van der Waals surface area contributed by atoms with Crippen molar-refractivity contribution in [1.29, 1.82) is 0 Å². The van der Waals surface area contributed by atoms with E-state index in [1.807, 2.05) is 0 Å². The predicted octanol–water partition coefficient (Wildman–Crippen LogP) is 5.88. The molecule has 0 N–H and O–H groups in total. The molecule has 4 heterocycles. The van der Waals surface area contributed by atoms with Crippen LogP contribution in [-0.2, 0) is 37.9 Å². The normalized spacial score (nSPS) is 34.5. The number of carbonyl (C=O) groups excluding carboxylic acids is 4. The van der Waals surface area contributed by atoms with Crippen molar-refractivity contribution in [2.45, 2.75) is 68.4 Å². The van der Waals surface area contributed by atoms with Crippen molar-refractivity contribution in [1.82, 2.24) is 0 Å². The first-order chi connectivity index (χ1) is 18.3. The second-order valence-corrected chi connectivity index (χ2v) is 7.19. The van der Waals surface area contributed by atoms with E-state index in [0.29, 0.717) is 0 Å². The van der Waals surface area contributed by atoms with Gasteiger partial charge >= 0.3 is 79.2 Å². The Morgan fingerprint density at radius 3 is 0.976 bits per heavy atom. The Morgan fingerprint density at radius 2 is 0.857 bits per heavy atom. The van der Waals surface area contributed by atoms with Crippen LogP contribution < -0.4 is 0 Å². The zero-order chi connectivity index (χ0) is 33.5. The molecule has 4 atom stereocenters. The molecule has 0 amide bonds. The van der Waals surface area contributed by atoms with Crippen LogP contribution in [0.2, 0.25) is 0 Å². The number of ether oxygens (including phenoxy) is 8. The molecule has 0 bridgehead atoms. The van der Waals surface area contributed by atoms with E-state index in [2.05, 4.69) is 37.9 Å². The van der Waals surface area contributed by atoms with Crippen LogP contribution in [0.4, 0.5) is 85.0 Å². The van der Waals surface area contributed by atoms with Crippen molar-refractivity contribution < 1.29 is 123 Å². The lowest BCUT2D eigenvalue weighted by Gasteiger charge is -2.22. The standard InChI is InChI=1S/C5H6F2O3.C4F6O3.C3F4O3.C3HF3O3/c1-4(6)5(2,7)10-3(8)9-4;5-2(3(6,7)8)4(9,10)13-1(11)12-2;4-2(5)3(6,7)10-1(8)9-2;4-1-3(5,6)9-2(7)8-1/h1-2H3;;;1H. The molecule has 27 heteroatoms. The molecule has 0 radical (unpaired) electrons. The van der Waals surface area contributed by atoms with Crippen molar-refractivity contribution in [2.75, 3.05) is 0 Å². The number of hydrogen-bond donors (Lipinski definition) is 0. The van der Waals surface area contributed by atoms with Gasteiger partial charge in [0.2, 0.25) is 0 Å². The lowest BCUT2D eigenvalue weighted by molar-refractivity contribution is -0.392. The van der Waals surface area contributed by atoms with Gasteiger partial charge in [-0.15, -0.1) is 0 Å². The third-order valence-corrected chi connectivity index (χ3v) is 3.97. The summed E-state index contributed by atoms with van der Waals surface area (Å²) in [5.74, 6) is -10.8. The molecule has 4 unspecified atom stereocenters. The van der Waals surface area contributed by atoms with Crippen molar-refractivity contribution in [3.05, 3.63) is 0 Å². The number of rotatable bonds is 0. The summed E-state index contributed by atoms with van der Waals surface area (Å²) in [7, 11) is 0. The van der Waals surface area contributed by atoms with Gasteiger partial charge in [-0.25, -0.2) is 19.2 Å². The molecule has 0 aliphatic carbocycles. The van der Waals surface area contributed by atoms with Crippen molar-refractivity contribution >= 4 is 24.6 Å². The Hall–Kier alpha value is -3.97. The summed E-state index contributed by atoms with van der Waals surface area (Å²) in [6.45, 7) is 1.58. The van der Waals surface area contributed by atoms with E-state index >= 15 is 0 Å². The predicted molar refractivity (Wildman–Crippen MR) is 83.9 cm³/mol. The van der Waals surface area contributed by atoms with Crippen LogP contribution in [0.5, 0.6) is 0 Å². The molecule has 4 saturated heterocycles. The van der Waals surface area contributed by atoms with Crippen molar-refractivity contribution in [3.8, 4) is 0 Å². The molecule has 4 rings (SSSR count). The monoisotopic (exact) mass is 664 g/mol. The van der Waals surface area contributed by atoms with Crippen molar-refractivity contribution in [2.24, 2.45) is 0 Å². The first-order valence-corrected chi connectivity index (χ1v) is 9.27. The van der Waals surface area contributed by atoms with Crippen molar-refractivity contribution in [3.63, 3.8) is 0 Å². The summed E-state index contributed by atoms with van der Waals surface area (Å²) in [5, 5.41) is 0. The van der Waals surface area contributed by atoms with E-state index in [1.165, 1.54) is 0 Å². The van der Waals surface area contributed by atoms with Gasteiger partial charge in [-0.3, -0.25) is 0 Å². The van der Waals surface area contributed by atoms with E-state index in [-0.39, 0.29) is 0 Å². The highest BCUT2D eigenvalue weighted by molar-refractivity contribution is 5.64. The smallest absolute Gasteiger partial charge is 0.390 e. The van der Waals surface area contributed by atoms with Gasteiger partial charge in [0.15, 0.2) is 0 Å². The van der Waals surface area contributed by atoms with E-state index in [4.69, 9.17) is 0 Å². The summed E-state index contributed by atoms with van der Waals surface area (Å²) >= 11 is 0. The molecule has 12 nitrogen and oxygen atoms in total. The highest BCUT2D eigenvalue weighted by Crippen LogP contribution is 2.50. The summed E-state index contributed by atoms with van der Waals surface area (Å²) < 4.78 is 203. The number of cyclic esters (lactones) is 8. The average Bonchev–Trinajstić information content (AvgIpc) is 3.22. The molecule has 4 aliphatic rings. The van der Waals surface area contributed by atoms with Crippen LogP contribution >= 0.6 is 0 Å². The van der Waals surface area contributed by atoms with Gasteiger partial charge in [0.25, 0.3) is 0 Å². The maximum atomic E-state index is 12.7. The quantitative estimate of drug-likeness (QED) is 0.173. The van der Waals surface area contributed by atoms with Crippen LogP contribution in [0.1, 0.15) is 13.8 Å². The van der Waals surface area contributed by atoms with E-state index in [9.17, 15) is 85.0 Å².